The van der Waals surface area contributed by atoms with E-state index in [0.29, 0.717) is 0 Å². The van der Waals surface area contributed by atoms with Crippen molar-refractivity contribution in [1.82, 2.24) is 0 Å². The second kappa shape index (κ2) is 17.6. The van der Waals surface area contributed by atoms with E-state index in [1.165, 1.54) is 51.4 Å². The Hall–Kier alpha value is -0.180. The molecule has 0 heterocycles. The van der Waals surface area contributed by atoms with Crippen molar-refractivity contribution < 1.29 is 15.0 Å². The Morgan fingerprint density at radius 1 is 0.833 bits per heavy atom. The fourth-order valence-electron chi connectivity index (χ4n) is 2.72. The van der Waals surface area contributed by atoms with Crippen LogP contribution in [-0.2, 0) is 4.79 Å². The monoisotopic (exact) mass is 364 g/mol. The van der Waals surface area contributed by atoms with Crippen molar-refractivity contribution >= 4 is 13.2 Å². The highest BCUT2D eigenvalue weighted by Crippen LogP contribution is 2.61. The summed E-state index contributed by atoms with van der Waals surface area (Å²) in [5.74, 6) is -1.18. The van der Waals surface area contributed by atoms with E-state index in [1.807, 2.05) is 0 Å². The number of nitrogens with two attached hydrogens (primary N) is 1. The Morgan fingerprint density at radius 2 is 1.12 bits per heavy atom. The predicted molar refractivity (Wildman–Crippen MR) is 109 cm³/mol. The molecule has 0 aromatic carbocycles. The average Bonchev–Trinajstić information content (AvgIpc) is 2.60. The summed E-state index contributed by atoms with van der Waals surface area (Å²) in [6, 6.07) is -1.13. The molecule has 0 rings (SSSR count). The molecule has 0 aromatic heterocycles. The van der Waals surface area contributed by atoms with E-state index >= 15 is 0 Å². The number of hydrogen-bond donors (Lipinski definition) is 3. The third-order valence-electron chi connectivity index (χ3n) is 4.46. The summed E-state index contributed by atoms with van der Waals surface area (Å²) < 4.78 is 0. The summed E-state index contributed by atoms with van der Waals surface area (Å²) in [7, 11) is -0.562. The van der Waals surface area contributed by atoms with Gasteiger partial charge in [0.1, 0.15) is 6.04 Å². The highest BCUT2D eigenvalue weighted by atomic mass is 31.2. The molecule has 1 radical (unpaired) electrons. The van der Waals surface area contributed by atoms with Crippen molar-refractivity contribution in [1.29, 1.82) is 0 Å². The number of aliphatic hydroxyl groups excluding tert-OH is 1. The van der Waals surface area contributed by atoms with Gasteiger partial charge in [-0.1, -0.05) is 53.4 Å². The van der Waals surface area contributed by atoms with Gasteiger partial charge in [-0.25, -0.2) is 0 Å². The maximum absolute atomic E-state index is 9.65. The molecule has 24 heavy (non-hydrogen) atoms. The molecule has 0 spiro atoms. The molecule has 0 aliphatic rings. The Balaban J connectivity index is 0. The van der Waals surface area contributed by atoms with Crippen molar-refractivity contribution in [2.45, 2.75) is 85.1 Å². The topological polar surface area (TPSA) is 83.5 Å². The Labute approximate surface area is 150 Å². The van der Waals surface area contributed by atoms with Crippen LogP contribution in [0.5, 0.6) is 0 Å². The van der Waals surface area contributed by atoms with Crippen LogP contribution in [0, 0.1) is 0 Å². The molecular weight excluding hydrogens is 321 g/mol. The fraction of sp³-hybridized carbons (Fsp3) is 0.947. The minimum Gasteiger partial charge on any atom is -0.480 e. The van der Waals surface area contributed by atoms with Gasteiger partial charge in [0, 0.05) is 0 Å². The standard InChI is InChI=1S/C16H36P.C3H7NO3/c1-5-9-13-17(14-10-6-2,15-11-7-3)16-12-8-4;4-2(1-5)3(6)7/h5-16H2,1-4H3;2,5H,1,4H2,(H,6,7). The summed E-state index contributed by atoms with van der Waals surface area (Å²) in [5, 5.41) is 15.9. The lowest BCUT2D eigenvalue weighted by Crippen LogP contribution is -2.33. The summed E-state index contributed by atoms with van der Waals surface area (Å²) in [5.41, 5.74) is 4.77. The summed E-state index contributed by atoms with van der Waals surface area (Å²) >= 11 is 0. The quantitative estimate of drug-likeness (QED) is 0.393. The van der Waals surface area contributed by atoms with Crippen LogP contribution in [0.15, 0.2) is 0 Å². The van der Waals surface area contributed by atoms with Crippen molar-refractivity contribution in [2.24, 2.45) is 5.73 Å². The van der Waals surface area contributed by atoms with Crippen LogP contribution < -0.4 is 5.73 Å². The Bertz CT molecular complexity index is 250. The molecule has 0 aliphatic carbocycles. The highest BCUT2D eigenvalue weighted by Gasteiger charge is 2.24. The minimum atomic E-state index is -1.18. The predicted octanol–water partition coefficient (Wildman–Crippen LogP) is 4.60. The van der Waals surface area contributed by atoms with E-state index in [1.54, 1.807) is 24.6 Å². The maximum Gasteiger partial charge on any atom is 0.322 e. The molecule has 0 aliphatic heterocycles. The van der Waals surface area contributed by atoms with Crippen LogP contribution in [-0.4, -0.2) is 53.5 Å². The molecule has 0 saturated heterocycles. The molecule has 0 fully saturated rings. The fourth-order valence-corrected chi connectivity index (χ4v) is 8.01. The molecule has 0 aromatic rings. The normalized spacial score (nSPS) is 12.4. The van der Waals surface area contributed by atoms with Gasteiger partial charge in [-0.15, -0.1) is 7.26 Å². The zero-order chi connectivity index (χ0) is 18.8. The van der Waals surface area contributed by atoms with Gasteiger partial charge in [-0.3, -0.25) is 4.79 Å². The van der Waals surface area contributed by atoms with E-state index < -0.39 is 25.9 Å². The van der Waals surface area contributed by atoms with Gasteiger partial charge >= 0.3 is 5.97 Å². The van der Waals surface area contributed by atoms with Crippen molar-refractivity contribution in [3.05, 3.63) is 0 Å². The van der Waals surface area contributed by atoms with Crippen molar-refractivity contribution in [3.8, 4) is 0 Å². The SMILES string of the molecule is CCCC[P](CCCC)(CCCC)CCCC.NC(CO)C(=O)O. The Morgan fingerprint density at radius 3 is 1.25 bits per heavy atom. The first kappa shape index (κ1) is 26.1. The molecule has 5 heteroatoms. The number of unbranched alkanes of at least 4 members (excludes halogenated alkanes) is 4. The minimum absolute atomic E-state index is 0.505. The molecule has 147 valence electrons. The van der Waals surface area contributed by atoms with Gasteiger partial charge < -0.3 is 15.9 Å². The molecule has 1 unspecified atom stereocenters. The first-order chi connectivity index (χ1) is 11.4. The number of rotatable bonds is 14. The number of carboxylic acid groups (broad SMARTS) is 1. The highest BCUT2D eigenvalue weighted by molar-refractivity contribution is 7.75. The van der Waals surface area contributed by atoms with Crippen LogP contribution in [0.2, 0.25) is 0 Å². The molecule has 4 N–H and O–H groups in total. The molecule has 0 bridgehead atoms. The first-order valence-electron chi connectivity index (χ1n) is 9.87. The lowest BCUT2D eigenvalue weighted by atomic mass is 10.3. The third kappa shape index (κ3) is 14.2. The first-order valence-corrected chi connectivity index (χ1v) is 12.4. The van der Waals surface area contributed by atoms with Crippen LogP contribution in [0.1, 0.15) is 79.1 Å². The number of aliphatic carboxylic acids is 1. The average molecular weight is 365 g/mol. The summed E-state index contributed by atoms with van der Waals surface area (Å²) in [6.07, 6.45) is 17.9. The van der Waals surface area contributed by atoms with E-state index in [-0.39, 0.29) is 0 Å². The molecule has 0 saturated carbocycles. The second-order valence-electron chi connectivity index (χ2n) is 6.78. The molecule has 0 amide bonds. The van der Waals surface area contributed by atoms with Crippen LogP contribution in [0.3, 0.4) is 0 Å². The van der Waals surface area contributed by atoms with Crippen LogP contribution in [0.4, 0.5) is 0 Å². The summed E-state index contributed by atoms with van der Waals surface area (Å²) in [6.45, 7) is 8.92. The van der Waals surface area contributed by atoms with E-state index in [9.17, 15) is 4.79 Å². The second-order valence-corrected chi connectivity index (χ2v) is 11.2. The summed E-state index contributed by atoms with van der Waals surface area (Å²) in [4.78, 5) is 9.65. The van der Waals surface area contributed by atoms with Gasteiger partial charge in [-0.05, 0) is 50.3 Å². The van der Waals surface area contributed by atoms with Gasteiger partial charge in [0.15, 0.2) is 0 Å². The lowest BCUT2D eigenvalue weighted by molar-refractivity contribution is -0.139. The zero-order valence-electron chi connectivity index (χ0n) is 16.6. The number of carboxylic acids is 1. The van der Waals surface area contributed by atoms with Gasteiger partial charge in [0.05, 0.1) is 6.61 Å². The van der Waals surface area contributed by atoms with Crippen molar-refractivity contribution in [2.75, 3.05) is 31.3 Å². The van der Waals surface area contributed by atoms with E-state index in [0.717, 1.165) is 0 Å². The van der Waals surface area contributed by atoms with Crippen molar-refractivity contribution in [3.63, 3.8) is 0 Å². The molecule has 4 nitrogen and oxygen atoms in total. The van der Waals surface area contributed by atoms with E-state index in [2.05, 4.69) is 27.7 Å². The van der Waals surface area contributed by atoms with Gasteiger partial charge in [-0.2, -0.15) is 0 Å². The number of aliphatic hydroxyl groups is 1. The Kier molecular flexibility index (Phi) is 19.1. The zero-order valence-corrected chi connectivity index (χ0v) is 17.5. The smallest absolute Gasteiger partial charge is 0.322 e. The number of carbonyl (C=O) groups is 1. The van der Waals surface area contributed by atoms with E-state index in [4.69, 9.17) is 15.9 Å². The molecular formula is C19H43NO3P. The molecule has 1 atom stereocenters. The van der Waals surface area contributed by atoms with Gasteiger partial charge in [0.2, 0.25) is 0 Å². The van der Waals surface area contributed by atoms with Crippen LogP contribution in [0.25, 0.3) is 0 Å². The largest absolute Gasteiger partial charge is 0.480 e. The van der Waals surface area contributed by atoms with Crippen LogP contribution >= 0.6 is 7.26 Å². The lowest BCUT2D eigenvalue weighted by Gasteiger charge is -2.37. The third-order valence-corrected chi connectivity index (χ3v) is 9.52. The number of hydrogen-bond acceptors (Lipinski definition) is 3. The van der Waals surface area contributed by atoms with Gasteiger partial charge in [0.25, 0.3) is 0 Å². The maximum atomic E-state index is 9.65.